The molecule has 1 aromatic heterocycles. The lowest BCUT2D eigenvalue weighted by molar-refractivity contribution is 0.0947. The first kappa shape index (κ1) is 17.5. The molecule has 24 heavy (non-hydrogen) atoms. The smallest absolute Gasteiger partial charge is 0.281 e. The van der Waals surface area contributed by atoms with Gasteiger partial charge in [0.05, 0.1) is 5.02 Å². The standard InChI is InChI=1S/C17H20ClN3OS2/c1-10-6-2-4-8-12(10)19-17(23)21-20-16(22)15-14(18)11-7-3-5-9-13(11)24-15/h3,5,7,9-10,12H,2,4,6,8H2,1H3,(H,20,22)(H2,19,21,23). The van der Waals surface area contributed by atoms with Gasteiger partial charge >= 0.3 is 0 Å². The summed E-state index contributed by atoms with van der Waals surface area (Å²) >= 11 is 13.0. The number of fused-ring (bicyclic) bond motifs is 1. The minimum absolute atomic E-state index is 0.276. The zero-order chi connectivity index (χ0) is 17.1. The zero-order valence-electron chi connectivity index (χ0n) is 13.4. The van der Waals surface area contributed by atoms with Crippen molar-refractivity contribution in [1.29, 1.82) is 0 Å². The lowest BCUT2D eigenvalue weighted by atomic mass is 9.86. The predicted molar refractivity (Wildman–Crippen MR) is 105 cm³/mol. The van der Waals surface area contributed by atoms with E-state index in [-0.39, 0.29) is 5.91 Å². The summed E-state index contributed by atoms with van der Waals surface area (Å²) in [6, 6.07) is 8.07. The molecular weight excluding hydrogens is 362 g/mol. The first-order valence-electron chi connectivity index (χ1n) is 8.10. The number of carbonyl (C=O) groups excluding carboxylic acids is 1. The van der Waals surface area contributed by atoms with Crippen molar-refractivity contribution in [2.45, 2.75) is 38.6 Å². The Morgan fingerprint density at radius 1 is 1.25 bits per heavy atom. The van der Waals surface area contributed by atoms with Gasteiger partial charge in [0.2, 0.25) is 0 Å². The molecular formula is C17H20ClN3OS2. The van der Waals surface area contributed by atoms with E-state index in [0.717, 1.165) is 16.5 Å². The fraction of sp³-hybridized carbons (Fsp3) is 0.412. The van der Waals surface area contributed by atoms with E-state index in [2.05, 4.69) is 23.1 Å². The predicted octanol–water partition coefficient (Wildman–Crippen LogP) is 4.24. The number of rotatable bonds is 2. The van der Waals surface area contributed by atoms with Crippen LogP contribution in [0.3, 0.4) is 0 Å². The highest BCUT2D eigenvalue weighted by molar-refractivity contribution is 7.80. The summed E-state index contributed by atoms with van der Waals surface area (Å²) in [6.45, 7) is 2.23. The number of halogens is 1. The van der Waals surface area contributed by atoms with E-state index in [1.165, 1.54) is 30.6 Å². The molecule has 1 saturated carbocycles. The number of hydrogen-bond acceptors (Lipinski definition) is 3. The normalized spacial score (nSPS) is 20.6. The monoisotopic (exact) mass is 381 g/mol. The van der Waals surface area contributed by atoms with Gasteiger partial charge < -0.3 is 5.32 Å². The van der Waals surface area contributed by atoms with E-state index in [9.17, 15) is 4.79 Å². The van der Waals surface area contributed by atoms with Gasteiger partial charge in [0.25, 0.3) is 5.91 Å². The Morgan fingerprint density at radius 3 is 2.75 bits per heavy atom. The van der Waals surface area contributed by atoms with Crippen molar-refractivity contribution in [3.63, 3.8) is 0 Å². The van der Waals surface area contributed by atoms with Crippen molar-refractivity contribution in [3.8, 4) is 0 Å². The van der Waals surface area contributed by atoms with Gasteiger partial charge in [0.1, 0.15) is 4.88 Å². The first-order chi connectivity index (χ1) is 11.6. The molecule has 2 aromatic rings. The third kappa shape index (κ3) is 3.82. The van der Waals surface area contributed by atoms with Crippen molar-refractivity contribution >= 4 is 56.3 Å². The van der Waals surface area contributed by atoms with Gasteiger partial charge in [-0.15, -0.1) is 11.3 Å². The summed E-state index contributed by atoms with van der Waals surface area (Å²) in [4.78, 5) is 12.8. The Balaban J connectivity index is 1.58. The van der Waals surface area contributed by atoms with E-state index in [1.54, 1.807) is 0 Å². The average Bonchev–Trinajstić information content (AvgIpc) is 2.92. The van der Waals surface area contributed by atoms with Crippen molar-refractivity contribution in [2.24, 2.45) is 5.92 Å². The van der Waals surface area contributed by atoms with Crippen LogP contribution in [0, 0.1) is 5.92 Å². The number of thiocarbonyl (C=S) groups is 1. The van der Waals surface area contributed by atoms with Crippen molar-refractivity contribution in [3.05, 3.63) is 34.2 Å². The molecule has 1 aromatic carbocycles. The van der Waals surface area contributed by atoms with Crippen LogP contribution in [0.4, 0.5) is 0 Å². The largest absolute Gasteiger partial charge is 0.358 e. The number of carbonyl (C=O) groups is 1. The highest BCUT2D eigenvalue weighted by Crippen LogP contribution is 2.34. The summed E-state index contributed by atoms with van der Waals surface area (Å²) in [7, 11) is 0. The van der Waals surface area contributed by atoms with Crippen LogP contribution in [-0.4, -0.2) is 17.1 Å². The Bertz CT molecular complexity index is 761. The maximum atomic E-state index is 12.4. The van der Waals surface area contributed by atoms with E-state index < -0.39 is 0 Å². The van der Waals surface area contributed by atoms with Gasteiger partial charge in [0.15, 0.2) is 5.11 Å². The fourth-order valence-electron chi connectivity index (χ4n) is 3.07. The second kappa shape index (κ2) is 7.68. The minimum atomic E-state index is -0.276. The summed E-state index contributed by atoms with van der Waals surface area (Å²) in [5, 5.41) is 5.11. The number of nitrogens with one attached hydrogen (secondary N) is 3. The summed E-state index contributed by atoms with van der Waals surface area (Å²) in [5.74, 6) is 0.313. The number of hydrazine groups is 1. The lowest BCUT2D eigenvalue weighted by Crippen LogP contribution is -2.51. The maximum absolute atomic E-state index is 12.4. The second-order valence-electron chi connectivity index (χ2n) is 6.16. The van der Waals surface area contributed by atoms with Crippen molar-refractivity contribution < 1.29 is 4.79 Å². The molecule has 128 valence electrons. The van der Waals surface area contributed by atoms with Crippen LogP contribution in [0.5, 0.6) is 0 Å². The molecule has 2 unspecified atom stereocenters. The van der Waals surface area contributed by atoms with Gasteiger partial charge in [-0.1, -0.05) is 49.6 Å². The average molecular weight is 382 g/mol. The summed E-state index contributed by atoms with van der Waals surface area (Å²) in [6.07, 6.45) is 4.82. The van der Waals surface area contributed by atoms with Crippen LogP contribution in [0.25, 0.3) is 10.1 Å². The Hall–Kier alpha value is -1.37. The topological polar surface area (TPSA) is 53.2 Å². The SMILES string of the molecule is CC1CCCCC1NC(=S)NNC(=O)c1sc2ccccc2c1Cl. The van der Waals surface area contributed by atoms with Crippen LogP contribution in [0.2, 0.25) is 5.02 Å². The molecule has 0 bridgehead atoms. The molecule has 0 aliphatic heterocycles. The zero-order valence-corrected chi connectivity index (χ0v) is 15.8. The van der Waals surface area contributed by atoms with Gasteiger partial charge in [-0.25, -0.2) is 0 Å². The van der Waals surface area contributed by atoms with Crippen molar-refractivity contribution in [2.75, 3.05) is 0 Å². The highest BCUT2D eigenvalue weighted by atomic mass is 35.5. The molecule has 0 saturated heterocycles. The Labute approximate surface area is 155 Å². The molecule has 3 rings (SSSR count). The van der Waals surface area contributed by atoms with Crippen LogP contribution in [0.1, 0.15) is 42.3 Å². The highest BCUT2D eigenvalue weighted by Gasteiger charge is 2.22. The Morgan fingerprint density at radius 2 is 2.00 bits per heavy atom. The van der Waals surface area contributed by atoms with E-state index in [4.69, 9.17) is 23.8 Å². The van der Waals surface area contributed by atoms with Gasteiger partial charge in [-0.2, -0.15) is 0 Å². The number of hydrogen-bond donors (Lipinski definition) is 3. The molecule has 0 radical (unpaired) electrons. The lowest BCUT2D eigenvalue weighted by Gasteiger charge is -2.30. The molecule has 0 spiro atoms. The minimum Gasteiger partial charge on any atom is -0.358 e. The van der Waals surface area contributed by atoms with E-state index >= 15 is 0 Å². The molecule has 3 N–H and O–H groups in total. The quantitative estimate of drug-likeness (QED) is 0.538. The van der Waals surface area contributed by atoms with Crippen LogP contribution in [-0.2, 0) is 0 Å². The van der Waals surface area contributed by atoms with Gasteiger partial charge in [0, 0.05) is 16.1 Å². The molecule has 1 amide bonds. The molecule has 1 aliphatic carbocycles. The molecule has 7 heteroatoms. The molecule has 4 nitrogen and oxygen atoms in total. The van der Waals surface area contributed by atoms with Gasteiger partial charge in [-0.05, 0) is 37.0 Å². The first-order valence-corrected chi connectivity index (χ1v) is 9.70. The third-order valence-electron chi connectivity index (χ3n) is 4.46. The Kier molecular flexibility index (Phi) is 5.58. The number of benzene rings is 1. The molecule has 2 atom stereocenters. The molecule has 1 fully saturated rings. The van der Waals surface area contributed by atoms with Crippen LogP contribution < -0.4 is 16.2 Å². The second-order valence-corrected chi connectivity index (χ2v) is 8.00. The third-order valence-corrected chi connectivity index (χ3v) is 6.35. The van der Waals surface area contributed by atoms with Crippen LogP contribution in [0.15, 0.2) is 24.3 Å². The number of thiophene rings is 1. The van der Waals surface area contributed by atoms with Crippen LogP contribution >= 0.6 is 35.2 Å². The molecule has 1 heterocycles. The van der Waals surface area contributed by atoms with Crippen molar-refractivity contribution in [1.82, 2.24) is 16.2 Å². The fourth-order valence-corrected chi connectivity index (χ4v) is 4.68. The summed E-state index contributed by atoms with van der Waals surface area (Å²) < 4.78 is 0.990. The van der Waals surface area contributed by atoms with Gasteiger partial charge in [-0.3, -0.25) is 15.6 Å². The maximum Gasteiger partial charge on any atom is 0.281 e. The van der Waals surface area contributed by atoms with E-state index in [1.807, 2.05) is 24.3 Å². The molecule has 1 aliphatic rings. The number of amides is 1. The van der Waals surface area contributed by atoms with E-state index in [0.29, 0.717) is 27.0 Å². The summed E-state index contributed by atoms with van der Waals surface area (Å²) in [5.41, 5.74) is 5.43.